The Bertz CT molecular complexity index is 264. The Hall–Kier alpha value is -0.610. The molecule has 0 unspecified atom stereocenters. The van der Waals surface area contributed by atoms with E-state index in [9.17, 15) is 15.0 Å². The molecule has 132 valence electrons. The van der Waals surface area contributed by atoms with E-state index in [4.69, 9.17) is 5.11 Å². The fourth-order valence-corrected chi connectivity index (χ4v) is 2.70. The van der Waals surface area contributed by atoms with Gasteiger partial charge in [0.25, 0.3) is 0 Å². The summed E-state index contributed by atoms with van der Waals surface area (Å²) in [6, 6.07) is 0. The van der Waals surface area contributed by atoms with Crippen molar-refractivity contribution in [2.75, 3.05) is 0 Å². The van der Waals surface area contributed by atoms with E-state index < -0.39 is 11.8 Å². The van der Waals surface area contributed by atoms with Crippen molar-refractivity contribution < 1.29 is 20.1 Å². The van der Waals surface area contributed by atoms with E-state index in [0.29, 0.717) is 12.8 Å². The zero-order valence-corrected chi connectivity index (χ0v) is 14.4. The van der Waals surface area contributed by atoms with Crippen LogP contribution in [-0.4, -0.2) is 27.1 Å². The summed E-state index contributed by atoms with van der Waals surface area (Å²) >= 11 is 0. The third-order valence-corrected chi connectivity index (χ3v) is 4.15. The molecule has 22 heavy (non-hydrogen) atoms. The summed E-state index contributed by atoms with van der Waals surface area (Å²) in [5.41, 5.74) is 0. The maximum Gasteiger partial charge on any atom is 0.303 e. The van der Waals surface area contributed by atoms with Crippen LogP contribution in [0, 0.1) is 0 Å². The molecule has 0 aliphatic rings. The Morgan fingerprint density at radius 1 is 0.727 bits per heavy atom. The van der Waals surface area contributed by atoms with Crippen molar-refractivity contribution in [3.05, 3.63) is 0 Å². The molecule has 0 rings (SSSR count). The summed E-state index contributed by atoms with van der Waals surface area (Å²) in [6.45, 7) is 2.19. The van der Waals surface area contributed by atoms with E-state index in [1.807, 2.05) is 0 Å². The van der Waals surface area contributed by atoms with Crippen molar-refractivity contribution in [2.45, 2.75) is 109 Å². The zero-order chi connectivity index (χ0) is 16.7. The molecule has 4 nitrogen and oxygen atoms in total. The highest BCUT2D eigenvalue weighted by Crippen LogP contribution is 2.20. The van der Waals surface area contributed by atoms with Crippen molar-refractivity contribution in [3.63, 3.8) is 0 Å². The largest absolute Gasteiger partial charge is 0.481 e. The second-order valence-electron chi connectivity index (χ2n) is 6.52. The van der Waals surface area contributed by atoms with E-state index >= 15 is 0 Å². The quantitative estimate of drug-likeness (QED) is 0.287. The fourth-order valence-electron chi connectivity index (χ4n) is 2.70. The number of hydrogen-bond acceptors (Lipinski definition) is 3. The summed E-state index contributed by atoms with van der Waals surface area (Å²) in [5.74, 6) is -2.21. The zero-order valence-electron chi connectivity index (χ0n) is 14.4. The molecular formula is C18H36O4. The van der Waals surface area contributed by atoms with Crippen LogP contribution in [-0.2, 0) is 4.79 Å². The molecule has 0 aliphatic carbocycles. The maximum absolute atomic E-state index is 10.3. The first kappa shape index (κ1) is 21.4. The lowest BCUT2D eigenvalue weighted by molar-refractivity contribution is -0.172. The molecule has 0 atom stereocenters. The van der Waals surface area contributed by atoms with Gasteiger partial charge in [-0.3, -0.25) is 4.79 Å². The van der Waals surface area contributed by atoms with Crippen LogP contribution < -0.4 is 0 Å². The molecule has 0 aromatic rings. The standard InChI is InChI=1S/C18H36O4/c1-2-3-4-5-9-12-15-18(21,22)16-13-10-7-6-8-11-14-17(19)20/h21-22H,2-16H2,1H3,(H,19,20). The Morgan fingerprint density at radius 3 is 1.59 bits per heavy atom. The molecule has 0 spiro atoms. The van der Waals surface area contributed by atoms with Crippen LogP contribution in [0.25, 0.3) is 0 Å². The molecule has 0 bridgehead atoms. The van der Waals surface area contributed by atoms with E-state index in [-0.39, 0.29) is 6.42 Å². The molecule has 0 saturated heterocycles. The minimum absolute atomic E-state index is 0.259. The molecule has 3 N–H and O–H groups in total. The second kappa shape index (κ2) is 14.0. The van der Waals surface area contributed by atoms with E-state index in [2.05, 4.69) is 6.92 Å². The Balaban J connectivity index is 3.38. The monoisotopic (exact) mass is 316 g/mol. The first-order valence-corrected chi connectivity index (χ1v) is 9.14. The van der Waals surface area contributed by atoms with Crippen LogP contribution in [0.3, 0.4) is 0 Å². The maximum atomic E-state index is 10.3. The van der Waals surface area contributed by atoms with Crippen LogP contribution in [0.5, 0.6) is 0 Å². The minimum Gasteiger partial charge on any atom is -0.481 e. The Kier molecular flexibility index (Phi) is 13.6. The molecule has 0 saturated carbocycles. The van der Waals surface area contributed by atoms with E-state index in [0.717, 1.165) is 51.4 Å². The molecule has 0 heterocycles. The Morgan fingerprint density at radius 2 is 1.14 bits per heavy atom. The lowest BCUT2D eigenvalue weighted by atomic mass is 9.99. The molecular weight excluding hydrogens is 280 g/mol. The van der Waals surface area contributed by atoms with Gasteiger partial charge in [0.2, 0.25) is 0 Å². The van der Waals surface area contributed by atoms with Crippen molar-refractivity contribution in [1.29, 1.82) is 0 Å². The summed E-state index contributed by atoms with van der Waals surface area (Å²) in [7, 11) is 0. The van der Waals surface area contributed by atoms with Gasteiger partial charge in [-0.25, -0.2) is 0 Å². The highest BCUT2D eigenvalue weighted by atomic mass is 16.5. The average Bonchev–Trinajstić information content (AvgIpc) is 2.45. The molecule has 0 fully saturated rings. The molecule has 0 aromatic carbocycles. The number of carboxylic acids is 1. The van der Waals surface area contributed by atoms with Crippen LogP contribution in [0.15, 0.2) is 0 Å². The van der Waals surface area contributed by atoms with Crippen molar-refractivity contribution in [1.82, 2.24) is 0 Å². The van der Waals surface area contributed by atoms with Crippen LogP contribution in [0.2, 0.25) is 0 Å². The summed E-state index contributed by atoms with van der Waals surface area (Å²) in [6.07, 6.45) is 13.8. The summed E-state index contributed by atoms with van der Waals surface area (Å²) < 4.78 is 0. The minimum atomic E-state index is -1.49. The van der Waals surface area contributed by atoms with Crippen LogP contribution in [0.4, 0.5) is 0 Å². The third kappa shape index (κ3) is 15.8. The number of hydrogen-bond donors (Lipinski definition) is 3. The van der Waals surface area contributed by atoms with Crippen molar-refractivity contribution in [2.24, 2.45) is 0 Å². The highest BCUT2D eigenvalue weighted by Gasteiger charge is 2.21. The number of carboxylic acid groups (broad SMARTS) is 1. The highest BCUT2D eigenvalue weighted by molar-refractivity contribution is 5.66. The first-order valence-electron chi connectivity index (χ1n) is 9.14. The number of rotatable bonds is 16. The predicted octanol–water partition coefficient (Wildman–Crippen LogP) is 4.62. The van der Waals surface area contributed by atoms with E-state index in [1.54, 1.807) is 0 Å². The summed E-state index contributed by atoms with van der Waals surface area (Å²) in [5, 5.41) is 28.3. The van der Waals surface area contributed by atoms with Gasteiger partial charge in [-0.2, -0.15) is 0 Å². The van der Waals surface area contributed by atoms with Gasteiger partial charge in [-0.1, -0.05) is 64.7 Å². The topological polar surface area (TPSA) is 77.8 Å². The number of unbranched alkanes of at least 4 members (excludes halogenated alkanes) is 10. The van der Waals surface area contributed by atoms with Crippen molar-refractivity contribution >= 4 is 5.97 Å². The lowest BCUT2D eigenvalue weighted by Gasteiger charge is -2.21. The average molecular weight is 316 g/mol. The third-order valence-electron chi connectivity index (χ3n) is 4.15. The fraction of sp³-hybridized carbons (Fsp3) is 0.944. The number of carbonyl (C=O) groups is 1. The Labute approximate surface area is 135 Å². The number of aliphatic carboxylic acids is 1. The van der Waals surface area contributed by atoms with Crippen LogP contribution in [0.1, 0.15) is 103 Å². The smallest absolute Gasteiger partial charge is 0.303 e. The SMILES string of the molecule is CCCCCCCCC(O)(O)CCCCCCCCC(=O)O. The van der Waals surface area contributed by atoms with Gasteiger partial charge in [0.1, 0.15) is 0 Å². The van der Waals surface area contributed by atoms with Gasteiger partial charge >= 0.3 is 5.97 Å². The predicted molar refractivity (Wildman–Crippen MR) is 89.7 cm³/mol. The summed E-state index contributed by atoms with van der Waals surface area (Å²) in [4.78, 5) is 10.3. The van der Waals surface area contributed by atoms with Gasteiger partial charge < -0.3 is 15.3 Å². The lowest BCUT2D eigenvalue weighted by Crippen LogP contribution is -2.27. The van der Waals surface area contributed by atoms with Crippen LogP contribution >= 0.6 is 0 Å². The van der Waals surface area contributed by atoms with Gasteiger partial charge in [-0.05, 0) is 19.3 Å². The van der Waals surface area contributed by atoms with Crippen molar-refractivity contribution in [3.8, 4) is 0 Å². The van der Waals surface area contributed by atoms with Gasteiger partial charge in [0.05, 0.1) is 0 Å². The molecule has 0 amide bonds. The molecule has 0 aliphatic heterocycles. The van der Waals surface area contributed by atoms with Gasteiger partial charge in [0.15, 0.2) is 5.79 Å². The van der Waals surface area contributed by atoms with Gasteiger partial charge in [-0.15, -0.1) is 0 Å². The van der Waals surface area contributed by atoms with Gasteiger partial charge in [0, 0.05) is 19.3 Å². The normalized spacial score (nSPS) is 11.8. The molecule has 4 heteroatoms. The number of aliphatic hydroxyl groups is 2. The first-order chi connectivity index (χ1) is 10.5. The van der Waals surface area contributed by atoms with E-state index in [1.165, 1.54) is 25.7 Å². The molecule has 0 aromatic heterocycles. The molecule has 0 radical (unpaired) electrons. The second-order valence-corrected chi connectivity index (χ2v) is 6.52.